The van der Waals surface area contributed by atoms with Crippen molar-refractivity contribution in [1.82, 2.24) is 24.9 Å². The molecule has 2 rings (SSSR count). The molecule has 0 aromatic carbocycles. The van der Waals surface area contributed by atoms with Gasteiger partial charge in [-0.2, -0.15) is 5.10 Å². The van der Waals surface area contributed by atoms with Crippen molar-refractivity contribution < 1.29 is 14.3 Å². The minimum atomic E-state index is -0.640. The van der Waals surface area contributed by atoms with E-state index in [0.29, 0.717) is 5.82 Å². The molecule has 2 aromatic heterocycles. The molecule has 9 nitrogen and oxygen atoms in total. The number of nitrogen functional groups attached to an aromatic ring is 1. The predicted molar refractivity (Wildman–Crippen MR) is 72.9 cm³/mol. The summed E-state index contributed by atoms with van der Waals surface area (Å²) in [5, 5.41) is 11.7. The average Bonchev–Trinajstić information content (AvgIpc) is 2.87. The van der Waals surface area contributed by atoms with E-state index < -0.39 is 5.97 Å². The van der Waals surface area contributed by atoms with Gasteiger partial charge in [-0.1, -0.05) is 0 Å². The maximum Gasteiger partial charge on any atom is 0.360 e. The molecular weight excluding hydrogens is 276 g/mol. The van der Waals surface area contributed by atoms with E-state index in [0.717, 1.165) is 0 Å². The highest BCUT2D eigenvalue weighted by atomic mass is 16.5. The molecule has 0 saturated carbocycles. The van der Waals surface area contributed by atoms with Gasteiger partial charge >= 0.3 is 5.97 Å². The van der Waals surface area contributed by atoms with Gasteiger partial charge in [-0.05, 0) is 12.1 Å². The van der Waals surface area contributed by atoms with E-state index in [1.165, 1.54) is 29.0 Å². The third-order valence-corrected chi connectivity index (χ3v) is 2.63. The number of esters is 1. The minimum Gasteiger partial charge on any atom is -0.464 e. The lowest BCUT2D eigenvalue weighted by Crippen LogP contribution is -2.23. The molecule has 0 saturated heterocycles. The lowest BCUT2D eigenvalue weighted by atomic mass is 10.3. The van der Waals surface area contributed by atoms with E-state index in [1.807, 2.05) is 0 Å². The molecule has 0 atom stereocenters. The summed E-state index contributed by atoms with van der Waals surface area (Å²) in [5.74, 6) is -0.574. The Morgan fingerprint density at radius 3 is 2.52 bits per heavy atom. The third-order valence-electron chi connectivity index (χ3n) is 2.63. The first-order valence-electron chi connectivity index (χ1n) is 5.93. The number of carbonyl (C=O) groups is 2. The normalized spacial score (nSPS) is 10.2. The molecule has 0 aliphatic carbocycles. The molecule has 0 bridgehead atoms. The first kappa shape index (κ1) is 14.4. The van der Waals surface area contributed by atoms with Crippen molar-refractivity contribution in [2.75, 3.05) is 26.9 Å². The van der Waals surface area contributed by atoms with Crippen LogP contribution in [-0.2, 0) is 4.74 Å². The van der Waals surface area contributed by atoms with Gasteiger partial charge in [0.25, 0.3) is 5.91 Å². The van der Waals surface area contributed by atoms with Crippen molar-refractivity contribution in [2.45, 2.75) is 0 Å². The molecule has 0 aliphatic heterocycles. The summed E-state index contributed by atoms with van der Waals surface area (Å²) >= 11 is 0. The molecule has 2 heterocycles. The second kappa shape index (κ2) is 5.57. The fraction of sp³-hybridized carbons (Fsp3) is 0.250. The second-order valence-corrected chi connectivity index (χ2v) is 4.35. The largest absolute Gasteiger partial charge is 0.464 e. The Hall–Kier alpha value is -2.97. The first-order chi connectivity index (χ1) is 9.93. The number of rotatable bonds is 3. The molecular formula is C12H14N6O3. The summed E-state index contributed by atoms with van der Waals surface area (Å²) < 4.78 is 5.85. The van der Waals surface area contributed by atoms with Gasteiger partial charge in [-0.15, -0.1) is 10.2 Å². The number of anilines is 1. The fourth-order valence-electron chi connectivity index (χ4n) is 1.55. The topological polar surface area (TPSA) is 116 Å². The third kappa shape index (κ3) is 2.81. The maximum absolute atomic E-state index is 11.7. The smallest absolute Gasteiger partial charge is 0.360 e. The number of amides is 1. The molecule has 2 N–H and O–H groups in total. The van der Waals surface area contributed by atoms with Gasteiger partial charge < -0.3 is 15.4 Å². The van der Waals surface area contributed by atoms with E-state index in [1.54, 1.807) is 20.2 Å². The van der Waals surface area contributed by atoms with E-state index in [-0.39, 0.29) is 23.0 Å². The van der Waals surface area contributed by atoms with Gasteiger partial charge in [-0.3, -0.25) is 4.79 Å². The molecule has 21 heavy (non-hydrogen) atoms. The molecule has 0 spiro atoms. The number of carbonyl (C=O) groups excluding carboxylic acids is 2. The summed E-state index contributed by atoms with van der Waals surface area (Å²) in [7, 11) is 4.48. The van der Waals surface area contributed by atoms with Gasteiger partial charge in [0.15, 0.2) is 17.2 Å². The average molecular weight is 290 g/mol. The zero-order valence-electron chi connectivity index (χ0n) is 11.8. The highest BCUT2D eigenvalue weighted by Crippen LogP contribution is 2.13. The number of hydrogen-bond acceptors (Lipinski definition) is 7. The van der Waals surface area contributed by atoms with Crippen LogP contribution in [0.15, 0.2) is 18.3 Å². The quantitative estimate of drug-likeness (QED) is 0.773. The van der Waals surface area contributed by atoms with E-state index in [2.05, 4.69) is 20.0 Å². The number of aromatic nitrogens is 4. The van der Waals surface area contributed by atoms with Gasteiger partial charge in [0.1, 0.15) is 0 Å². The number of nitrogens with two attached hydrogens (primary N) is 1. The standard InChI is InChI=1S/C12H14N6O3/c1-17(2)11(19)8-4-5-9(15-14-8)18-6-7(13)10(16-18)12(20)21-3/h4-6H,13H2,1-3H3. The SMILES string of the molecule is COC(=O)c1nn(-c2ccc(C(=O)N(C)C)nn2)cc1N. The van der Waals surface area contributed by atoms with Crippen LogP contribution in [0.2, 0.25) is 0 Å². The molecule has 0 fully saturated rings. The second-order valence-electron chi connectivity index (χ2n) is 4.35. The van der Waals surface area contributed by atoms with Crippen LogP contribution in [0, 0.1) is 0 Å². The Balaban J connectivity index is 2.31. The minimum absolute atomic E-state index is 0.00672. The van der Waals surface area contributed by atoms with Gasteiger partial charge in [-0.25, -0.2) is 9.48 Å². The summed E-state index contributed by atoms with van der Waals surface area (Å²) in [4.78, 5) is 24.5. The monoisotopic (exact) mass is 290 g/mol. The lowest BCUT2D eigenvalue weighted by Gasteiger charge is -2.08. The van der Waals surface area contributed by atoms with Crippen LogP contribution in [-0.4, -0.2) is 58.0 Å². The highest BCUT2D eigenvalue weighted by Gasteiger charge is 2.17. The van der Waals surface area contributed by atoms with Crippen LogP contribution in [0.4, 0.5) is 5.69 Å². The Labute approximate surface area is 120 Å². The summed E-state index contributed by atoms with van der Waals surface area (Å²) in [6.45, 7) is 0. The number of methoxy groups -OCH3 is 1. The van der Waals surface area contributed by atoms with Crippen molar-refractivity contribution in [3.8, 4) is 5.82 Å². The maximum atomic E-state index is 11.7. The van der Waals surface area contributed by atoms with Crippen LogP contribution in [0.5, 0.6) is 0 Å². The van der Waals surface area contributed by atoms with Crippen LogP contribution >= 0.6 is 0 Å². The van der Waals surface area contributed by atoms with E-state index in [9.17, 15) is 9.59 Å². The molecule has 0 radical (unpaired) electrons. The van der Waals surface area contributed by atoms with Crippen LogP contribution < -0.4 is 5.73 Å². The van der Waals surface area contributed by atoms with Crippen molar-refractivity contribution in [3.05, 3.63) is 29.7 Å². The predicted octanol–water partition coefficient (Wildman–Crippen LogP) is -0.267. The molecule has 2 aromatic rings. The number of nitrogens with zero attached hydrogens (tertiary/aromatic N) is 5. The molecule has 0 aliphatic rings. The van der Waals surface area contributed by atoms with Crippen molar-refractivity contribution in [3.63, 3.8) is 0 Å². The highest BCUT2D eigenvalue weighted by molar-refractivity contribution is 5.93. The Bertz CT molecular complexity index is 677. The van der Waals surface area contributed by atoms with Gasteiger partial charge in [0.2, 0.25) is 0 Å². The molecule has 0 unspecified atom stereocenters. The van der Waals surface area contributed by atoms with Gasteiger partial charge in [0, 0.05) is 14.1 Å². The Morgan fingerprint density at radius 1 is 1.29 bits per heavy atom. The van der Waals surface area contributed by atoms with Crippen molar-refractivity contribution in [2.24, 2.45) is 0 Å². The fourth-order valence-corrected chi connectivity index (χ4v) is 1.55. The Morgan fingerprint density at radius 2 is 2.00 bits per heavy atom. The van der Waals surface area contributed by atoms with E-state index in [4.69, 9.17) is 5.73 Å². The van der Waals surface area contributed by atoms with Gasteiger partial charge in [0.05, 0.1) is 19.0 Å². The number of ether oxygens (including phenoxy) is 1. The first-order valence-corrected chi connectivity index (χ1v) is 5.93. The van der Waals surface area contributed by atoms with Crippen LogP contribution in [0.25, 0.3) is 5.82 Å². The van der Waals surface area contributed by atoms with Crippen molar-refractivity contribution >= 4 is 17.6 Å². The molecule has 110 valence electrons. The summed E-state index contributed by atoms with van der Waals surface area (Å²) in [6.07, 6.45) is 1.42. The summed E-state index contributed by atoms with van der Waals surface area (Å²) in [5.41, 5.74) is 6.04. The molecule has 1 amide bonds. The number of hydrogen-bond donors (Lipinski definition) is 1. The van der Waals surface area contributed by atoms with E-state index >= 15 is 0 Å². The Kier molecular flexibility index (Phi) is 3.83. The summed E-state index contributed by atoms with van der Waals surface area (Å²) in [6, 6.07) is 3.07. The zero-order valence-corrected chi connectivity index (χ0v) is 11.8. The lowest BCUT2D eigenvalue weighted by molar-refractivity contribution is 0.0594. The van der Waals surface area contributed by atoms with Crippen molar-refractivity contribution in [1.29, 1.82) is 0 Å². The van der Waals surface area contributed by atoms with Crippen LogP contribution in [0.3, 0.4) is 0 Å². The zero-order chi connectivity index (χ0) is 15.6. The molecule has 9 heteroatoms. The van der Waals surface area contributed by atoms with Crippen LogP contribution in [0.1, 0.15) is 21.0 Å².